The van der Waals surface area contributed by atoms with Crippen LogP contribution in [0.2, 0.25) is 0 Å². The number of aromatic nitrogens is 2. The lowest BCUT2D eigenvalue weighted by Crippen LogP contribution is -2.30. The van der Waals surface area contributed by atoms with Crippen molar-refractivity contribution in [2.45, 2.75) is 13.5 Å². The van der Waals surface area contributed by atoms with Gasteiger partial charge in [0.05, 0.1) is 12.7 Å². The van der Waals surface area contributed by atoms with Gasteiger partial charge in [-0.2, -0.15) is 0 Å². The summed E-state index contributed by atoms with van der Waals surface area (Å²) in [5.41, 5.74) is 2.46. The average Bonchev–Trinajstić information content (AvgIpc) is 2.73. The SMILES string of the molecule is C=Cn1c[n+](CC)c2cc3ccccc3cc21. The van der Waals surface area contributed by atoms with Crippen LogP contribution in [-0.4, -0.2) is 4.57 Å². The van der Waals surface area contributed by atoms with Gasteiger partial charge in [-0.1, -0.05) is 30.8 Å². The van der Waals surface area contributed by atoms with E-state index in [1.807, 2.05) is 6.20 Å². The van der Waals surface area contributed by atoms with Gasteiger partial charge in [-0.3, -0.25) is 0 Å². The maximum absolute atomic E-state index is 3.86. The number of aryl methyl sites for hydroxylation is 1. The second-order valence-electron chi connectivity index (χ2n) is 4.18. The normalized spacial score (nSPS) is 11.1. The van der Waals surface area contributed by atoms with Crippen LogP contribution in [0.4, 0.5) is 0 Å². The minimum atomic E-state index is 0.968. The van der Waals surface area contributed by atoms with Crippen LogP contribution in [0, 0.1) is 0 Å². The van der Waals surface area contributed by atoms with Gasteiger partial charge in [0.2, 0.25) is 6.33 Å². The number of hydrogen-bond acceptors (Lipinski definition) is 0. The molecule has 2 heteroatoms. The molecule has 0 aliphatic carbocycles. The minimum absolute atomic E-state index is 0.968. The number of nitrogens with zero attached hydrogens (tertiary/aromatic N) is 2. The van der Waals surface area contributed by atoms with E-state index in [0.717, 1.165) is 6.54 Å². The van der Waals surface area contributed by atoms with Gasteiger partial charge in [-0.15, -0.1) is 0 Å². The Morgan fingerprint density at radius 1 is 1.24 bits per heavy atom. The van der Waals surface area contributed by atoms with Gasteiger partial charge >= 0.3 is 0 Å². The Kier molecular flexibility index (Phi) is 2.22. The number of hydrogen-bond donors (Lipinski definition) is 0. The minimum Gasteiger partial charge on any atom is -0.230 e. The highest BCUT2D eigenvalue weighted by atomic mass is 15.1. The van der Waals surface area contributed by atoms with Crippen molar-refractivity contribution in [2.75, 3.05) is 0 Å². The lowest BCUT2D eigenvalue weighted by molar-refractivity contribution is -0.668. The quantitative estimate of drug-likeness (QED) is 0.590. The summed E-state index contributed by atoms with van der Waals surface area (Å²) in [4.78, 5) is 0. The third-order valence-electron chi connectivity index (χ3n) is 3.23. The molecule has 1 heterocycles. The van der Waals surface area contributed by atoms with Crippen molar-refractivity contribution in [2.24, 2.45) is 0 Å². The van der Waals surface area contributed by atoms with Crippen molar-refractivity contribution in [3.63, 3.8) is 0 Å². The fourth-order valence-corrected chi connectivity index (χ4v) is 2.33. The van der Waals surface area contributed by atoms with Gasteiger partial charge in [0, 0.05) is 0 Å². The van der Waals surface area contributed by atoms with Crippen molar-refractivity contribution >= 4 is 28.0 Å². The highest BCUT2D eigenvalue weighted by Crippen LogP contribution is 2.21. The van der Waals surface area contributed by atoms with E-state index in [9.17, 15) is 0 Å². The highest BCUT2D eigenvalue weighted by Gasteiger charge is 2.13. The van der Waals surface area contributed by atoms with Crippen LogP contribution in [-0.2, 0) is 6.54 Å². The summed E-state index contributed by atoms with van der Waals surface area (Å²) in [5, 5.41) is 2.55. The first-order valence-corrected chi connectivity index (χ1v) is 5.89. The van der Waals surface area contributed by atoms with Gasteiger partial charge in [0.25, 0.3) is 0 Å². The molecule has 0 atom stereocenters. The van der Waals surface area contributed by atoms with Crippen LogP contribution in [0.5, 0.6) is 0 Å². The molecule has 1 aromatic heterocycles. The van der Waals surface area contributed by atoms with Crippen LogP contribution >= 0.6 is 0 Å². The summed E-state index contributed by atoms with van der Waals surface area (Å²) in [6.07, 6.45) is 3.94. The summed E-state index contributed by atoms with van der Waals surface area (Å²) in [5.74, 6) is 0. The van der Waals surface area contributed by atoms with Crippen molar-refractivity contribution in [1.82, 2.24) is 4.57 Å². The van der Waals surface area contributed by atoms with Crippen LogP contribution in [0.3, 0.4) is 0 Å². The lowest BCUT2D eigenvalue weighted by Gasteiger charge is -1.97. The molecule has 3 aromatic rings. The highest BCUT2D eigenvalue weighted by molar-refractivity contribution is 5.94. The number of imidazole rings is 1. The van der Waals surface area contributed by atoms with Crippen molar-refractivity contribution < 1.29 is 4.57 Å². The number of fused-ring (bicyclic) bond motifs is 2. The predicted octanol–water partition coefficient (Wildman–Crippen LogP) is 3.20. The van der Waals surface area contributed by atoms with E-state index in [2.05, 4.69) is 65.4 Å². The second-order valence-corrected chi connectivity index (χ2v) is 4.18. The first-order chi connectivity index (χ1) is 8.33. The average molecular weight is 223 g/mol. The molecule has 0 unspecified atom stereocenters. The van der Waals surface area contributed by atoms with E-state index in [0.29, 0.717) is 0 Å². The largest absolute Gasteiger partial charge is 0.249 e. The molecule has 2 aromatic carbocycles. The zero-order chi connectivity index (χ0) is 11.8. The maximum Gasteiger partial charge on any atom is 0.249 e. The van der Waals surface area contributed by atoms with Crippen molar-refractivity contribution in [1.29, 1.82) is 0 Å². The summed E-state index contributed by atoms with van der Waals surface area (Å²) in [7, 11) is 0. The molecule has 0 saturated heterocycles. The van der Waals surface area contributed by atoms with E-state index in [4.69, 9.17) is 0 Å². The summed E-state index contributed by atoms with van der Waals surface area (Å²) in [6, 6.07) is 12.9. The van der Waals surface area contributed by atoms with Crippen LogP contribution in [0.1, 0.15) is 6.92 Å². The topological polar surface area (TPSA) is 8.81 Å². The summed E-state index contributed by atoms with van der Waals surface area (Å²) < 4.78 is 4.31. The van der Waals surface area contributed by atoms with Gasteiger partial charge in [0.1, 0.15) is 0 Å². The third kappa shape index (κ3) is 1.45. The Balaban J connectivity index is 2.48. The zero-order valence-electron chi connectivity index (χ0n) is 9.93. The number of rotatable bonds is 2. The molecule has 84 valence electrons. The van der Waals surface area contributed by atoms with Gasteiger partial charge in [-0.05, 0) is 29.8 Å². The molecule has 0 spiro atoms. The molecule has 0 fully saturated rings. The molecular formula is C15H15N2+. The molecule has 2 nitrogen and oxygen atoms in total. The van der Waals surface area contributed by atoms with E-state index >= 15 is 0 Å². The molecule has 3 rings (SSSR count). The standard InChI is InChI=1S/C15H15N2/c1-3-16-11-17(4-2)15-10-13-8-6-5-7-12(13)9-14(15)16/h3,5-11H,1,4H2,2H3/q+1. The molecule has 0 radical (unpaired) electrons. The van der Waals surface area contributed by atoms with Crippen molar-refractivity contribution in [3.05, 3.63) is 49.3 Å². The Morgan fingerprint density at radius 2 is 1.94 bits per heavy atom. The predicted molar refractivity (Wildman–Crippen MR) is 71.7 cm³/mol. The van der Waals surface area contributed by atoms with Crippen LogP contribution < -0.4 is 4.57 Å². The van der Waals surface area contributed by atoms with Crippen LogP contribution in [0.15, 0.2) is 49.3 Å². The van der Waals surface area contributed by atoms with E-state index < -0.39 is 0 Å². The van der Waals surface area contributed by atoms with E-state index in [-0.39, 0.29) is 0 Å². The fraction of sp³-hybridized carbons (Fsp3) is 0.133. The van der Waals surface area contributed by atoms with Gasteiger partial charge in [-0.25, -0.2) is 9.13 Å². The molecule has 0 aliphatic rings. The Hall–Kier alpha value is -2.09. The Bertz CT molecular complexity index is 707. The monoisotopic (exact) mass is 223 g/mol. The molecular weight excluding hydrogens is 208 g/mol. The summed E-state index contributed by atoms with van der Waals surface area (Å²) in [6.45, 7) is 6.98. The zero-order valence-corrected chi connectivity index (χ0v) is 9.93. The van der Waals surface area contributed by atoms with Crippen LogP contribution in [0.25, 0.3) is 28.0 Å². The Labute approximate surface area is 100 Å². The first kappa shape index (κ1) is 10.1. The second kappa shape index (κ2) is 3.74. The molecule has 0 bridgehead atoms. The molecule has 0 N–H and O–H groups in total. The fourth-order valence-electron chi connectivity index (χ4n) is 2.33. The Morgan fingerprint density at radius 3 is 2.59 bits per heavy atom. The number of benzene rings is 2. The van der Waals surface area contributed by atoms with E-state index in [1.165, 1.54) is 21.8 Å². The molecule has 0 saturated carbocycles. The maximum atomic E-state index is 3.86. The smallest absolute Gasteiger partial charge is 0.230 e. The third-order valence-corrected chi connectivity index (χ3v) is 3.23. The first-order valence-electron chi connectivity index (χ1n) is 5.89. The van der Waals surface area contributed by atoms with Crippen molar-refractivity contribution in [3.8, 4) is 0 Å². The molecule has 0 amide bonds. The lowest BCUT2D eigenvalue weighted by atomic mass is 10.1. The molecule has 17 heavy (non-hydrogen) atoms. The van der Waals surface area contributed by atoms with Gasteiger partial charge < -0.3 is 0 Å². The van der Waals surface area contributed by atoms with E-state index in [1.54, 1.807) is 0 Å². The molecule has 0 aliphatic heterocycles. The van der Waals surface area contributed by atoms with Gasteiger partial charge in [0.15, 0.2) is 11.0 Å². The summed E-state index contributed by atoms with van der Waals surface area (Å²) >= 11 is 0.